The summed E-state index contributed by atoms with van der Waals surface area (Å²) in [5, 5.41) is 0. The Kier molecular flexibility index (Phi) is 2.40. The van der Waals surface area contributed by atoms with E-state index in [-0.39, 0.29) is 18.2 Å². The molecule has 6 nitrogen and oxygen atoms in total. The highest BCUT2D eigenvalue weighted by molar-refractivity contribution is 5.98. The second-order valence-electron chi connectivity index (χ2n) is 2.90. The molecule has 2 aromatic heterocycles. The Bertz CT molecular complexity index is 414. The molecule has 0 bridgehead atoms. The first kappa shape index (κ1) is 9.32. The Morgan fingerprint density at radius 3 is 1.73 bits per heavy atom. The van der Waals surface area contributed by atoms with Crippen LogP contribution in [0.4, 0.5) is 0 Å². The van der Waals surface area contributed by atoms with Crippen molar-refractivity contribution in [3.8, 4) is 0 Å². The van der Waals surface area contributed by atoms with Gasteiger partial charge >= 0.3 is 0 Å². The molecule has 15 heavy (non-hydrogen) atoms. The van der Waals surface area contributed by atoms with Crippen LogP contribution in [0.5, 0.6) is 0 Å². The van der Waals surface area contributed by atoms with E-state index >= 15 is 0 Å². The van der Waals surface area contributed by atoms with Crippen LogP contribution < -0.4 is 0 Å². The zero-order valence-electron chi connectivity index (χ0n) is 7.78. The van der Waals surface area contributed by atoms with E-state index in [1.807, 2.05) is 0 Å². The molecular weight excluding hydrogens is 196 g/mol. The largest absolute Gasteiger partial charge is 0.276 e. The maximum absolute atomic E-state index is 11.5. The minimum absolute atomic E-state index is 0.202. The molecule has 0 saturated carbocycles. The Hall–Kier alpha value is -2.24. The third-order valence-corrected chi connectivity index (χ3v) is 1.89. The Morgan fingerprint density at radius 1 is 0.933 bits per heavy atom. The molecule has 2 rings (SSSR count). The van der Waals surface area contributed by atoms with Crippen LogP contribution >= 0.6 is 0 Å². The summed E-state index contributed by atoms with van der Waals surface area (Å²) in [7, 11) is 0. The number of hydrogen-bond donors (Lipinski definition) is 0. The topological polar surface area (TPSA) is 69.8 Å². The van der Waals surface area contributed by atoms with Gasteiger partial charge in [-0.15, -0.1) is 0 Å². The standard InChI is InChI=1S/C9H8N4O2/c14-8(12-3-1-10-6-12)5-9(15)13-4-2-11-7-13/h1-4,6-7H,5H2. The second-order valence-corrected chi connectivity index (χ2v) is 2.90. The van der Waals surface area contributed by atoms with Gasteiger partial charge in [-0.2, -0.15) is 0 Å². The zero-order valence-corrected chi connectivity index (χ0v) is 7.78. The molecule has 0 N–H and O–H groups in total. The molecule has 0 atom stereocenters. The van der Waals surface area contributed by atoms with E-state index in [1.54, 1.807) is 0 Å². The number of nitrogens with zero attached hydrogens (tertiary/aromatic N) is 4. The molecule has 0 fully saturated rings. The molecule has 0 saturated heterocycles. The SMILES string of the molecule is O=C(CC(=O)n1ccnc1)n1ccnc1. The molecule has 0 amide bonds. The average molecular weight is 204 g/mol. The Balaban J connectivity index is 2.04. The molecule has 76 valence electrons. The fourth-order valence-electron chi connectivity index (χ4n) is 1.13. The molecule has 0 aliphatic heterocycles. The number of carbonyl (C=O) groups is 2. The second kappa shape index (κ2) is 3.87. The van der Waals surface area contributed by atoms with Crippen molar-refractivity contribution in [2.75, 3.05) is 0 Å². The summed E-state index contributed by atoms with van der Waals surface area (Å²) in [5.41, 5.74) is 0. The van der Waals surface area contributed by atoms with Gasteiger partial charge in [0, 0.05) is 24.8 Å². The normalized spacial score (nSPS) is 10.1. The third-order valence-electron chi connectivity index (χ3n) is 1.89. The van der Waals surface area contributed by atoms with Crippen molar-refractivity contribution in [2.45, 2.75) is 6.42 Å². The highest BCUT2D eigenvalue weighted by Gasteiger charge is 2.11. The van der Waals surface area contributed by atoms with E-state index in [2.05, 4.69) is 9.97 Å². The summed E-state index contributed by atoms with van der Waals surface area (Å²) < 4.78 is 2.55. The van der Waals surface area contributed by atoms with E-state index < -0.39 is 0 Å². The molecule has 2 aromatic rings. The number of imidazole rings is 2. The molecule has 0 aliphatic carbocycles. The van der Waals surface area contributed by atoms with Crippen LogP contribution in [0.15, 0.2) is 37.4 Å². The molecule has 2 heterocycles. The lowest BCUT2D eigenvalue weighted by molar-refractivity contribution is 0.0803. The van der Waals surface area contributed by atoms with Crippen molar-refractivity contribution in [1.82, 2.24) is 19.1 Å². The molecule has 0 aliphatic rings. The maximum atomic E-state index is 11.5. The summed E-state index contributed by atoms with van der Waals surface area (Å²) in [5.74, 6) is -0.627. The lowest BCUT2D eigenvalue weighted by atomic mass is 10.4. The molecule has 0 spiro atoms. The molecule has 0 radical (unpaired) electrons. The van der Waals surface area contributed by atoms with Gasteiger partial charge in [-0.05, 0) is 0 Å². The number of carbonyl (C=O) groups excluding carboxylic acids is 2. The Morgan fingerprint density at radius 2 is 1.40 bits per heavy atom. The van der Waals surface area contributed by atoms with Crippen molar-refractivity contribution in [3.63, 3.8) is 0 Å². The third kappa shape index (κ3) is 1.98. The summed E-state index contributed by atoms with van der Waals surface area (Å²) in [4.78, 5) is 30.4. The van der Waals surface area contributed by atoms with Crippen LogP contribution in [0.25, 0.3) is 0 Å². The fraction of sp³-hybridized carbons (Fsp3) is 0.111. The molecule has 6 heteroatoms. The van der Waals surface area contributed by atoms with Gasteiger partial charge in [-0.25, -0.2) is 9.97 Å². The monoisotopic (exact) mass is 204 g/mol. The van der Waals surface area contributed by atoms with E-state index in [0.717, 1.165) is 0 Å². The zero-order chi connectivity index (χ0) is 10.7. The highest BCUT2D eigenvalue weighted by atomic mass is 16.2. The Labute approximate surface area is 85.2 Å². The van der Waals surface area contributed by atoms with E-state index in [0.29, 0.717) is 0 Å². The van der Waals surface area contributed by atoms with E-state index in [1.165, 1.54) is 46.6 Å². The number of hydrogen-bond acceptors (Lipinski definition) is 4. The van der Waals surface area contributed by atoms with Gasteiger partial charge in [0.15, 0.2) is 0 Å². The van der Waals surface area contributed by atoms with E-state index in [9.17, 15) is 9.59 Å². The van der Waals surface area contributed by atoms with Gasteiger partial charge in [0.25, 0.3) is 0 Å². The maximum Gasteiger partial charge on any atom is 0.241 e. The van der Waals surface area contributed by atoms with Crippen LogP contribution in [-0.2, 0) is 0 Å². The van der Waals surface area contributed by atoms with Crippen molar-refractivity contribution < 1.29 is 9.59 Å². The van der Waals surface area contributed by atoms with Crippen LogP contribution in [0.2, 0.25) is 0 Å². The molecule has 0 aromatic carbocycles. The van der Waals surface area contributed by atoms with Crippen LogP contribution in [0.1, 0.15) is 16.0 Å². The van der Waals surface area contributed by atoms with Crippen molar-refractivity contribution >= 4 is 11.8 Å². The predicted octanol–water partition coefficient (Wildman–Crippen LogP) is 0.450. The first-order chi connectivity index (χ1) is 7.27. The minimum Gasteiger partial charge on any atom is -0.276 e. The first-order valence-corrected chi connectivity index (χ1v) is 4.29. The van der Waals surface area contributed by atoms with Crippen LogP contribution in [0, 0.1) is 0 Å². The summed E-state index contributed by atoms with van der Waals surface area (Å²) >= 11 is 0. The van der Waals surface area contributed by atoms with Crippen molar-refractivity contribution in [1.29, 1.82) is 0 Å². The van der Waals surface area contributed by atoms with Crippen LogP contribution in [0.3, 0.4) is 0 Å². The van der Waals surface area contributed by atoms with Gasteiger partial charge in [-0.1, -0.05) is 0 Å². The highest BCUT2D eigenvalue weighted by Crippen LogP contribution is 1.96. The van der Waals surface area contributed by atoms with Gasteiger partial charge in [-0.3, -0.25) is 18.7 Å². The smallest absolute Gasteiger partial charge is 0.241 e. The van der Waals surface area contributed by atoms with E-state index in [4.69, 9.17) is 0 Å². The number of rotatable bonds is 2. The lowest BCUT2D eigenvalue weighted by Gasteiger charge is -2.00. The first-order valence-electron chi connectivity index (χ1n) is 4.29. The summed E-state index contributed by atoms with van der Waals surface area (Å²) in [6.45, 7) is 0. The van der Waals surface area contributed by atoms with Gasteiger partial charge < -0.3 is 0 Å². The van der Waals surface area contributed by atoms with Crippen LogP contribution in [-0.4, -0.2) is 30.9 Å². The minimum atomic E-state index is -0.314. The van der Waals surface area contributed by atoms with Gasteiger partial charge in [0.1, 0.15) is 19.1 Å². The number of aromatic nitrogens is 4. The molecular formula is C9H8N4O2. The summed E-state index contributed by atoms with van der Waals surface area (Å²) in [6.07, 6.45) is 8.51. The van der Waals surface area contributed by atoms with Gasteiger partial charge in [0.2, 0.25) is 11.8 Å². The van der Waals surface area contributed by atoms with Crippen molar-refractivity contribution in [3.05, 3.63) is 37.4 Å². The molecule has 0 unspecified atom stereocenters. The summed E-state index contributed by atoms with van der Waals surface area (Å²) in [6, 6.07) is 0. The fourth-order valence-corrected chi connectivity index (χ4v) is 1.13. The lowest BCUT2D eigenvalue weighted by Crippen LogP contribution is -2.18. The average Bonchev–Trinajstić information content (AvgIpc) is 2.91. The predicted molar refractivity (Wildman–Crippen MR) is 50.3 cm³/mol. The quantitative estimate of drug-likeness (QED) is 0.666. The van der Waals surface area contributed by atoms with Gasteiger partial charge in [0.05, 0.1) is 0 Å². The van der Waals surface area contributed by atoms with Crippen molar-refractivity contribution in [2.24, 2.45) is 0 Å².